The summed E-state index contributed by atoms with van der Waals surface area (Å²) in [5.74, 6) is 0.770. The predicted molar refractivity (Wildman–Crippen MR) is 80.9 cm³/mol. The predicted octanol–water partition coefficient (Wildman–Crippen LogP) is 3.41. The van der Waals surface area contributed by atoms with Crippen molar-refractivity contribution in [1.29, 1.82) is 5.26 Å². The summed E-state index contributed by atoms with van der Waals surface area (Å²) in [6.45, 7) is 0.552. The van der Waals surface area contributed by atoms with E-state index in [2.05, 4.69) is 5.32 Å². The van der Waals surface area contributed by atoms with E-state index >= 15 is 0 Å². The average Bonchev–Trinajstić information content (AvgIpc) is 2.45. The lowest BCUT2D eigenvalue weighted by Gasteiger charge is -2.11. The number of benzene rings is 2. The Kier molecular flexibility index (Phi) is 4.34. The Labute approximate surface area is 122 Å². The fourth-order valence-corrected chi connectivity index (χ4v) is 2.07. The summed E-state index contributed by atoms with van der Waals surface area (Å²) in [4.78, 5) is 0. The molecule has 0 aliphatic rings. The van der Waals surface area contributed by atoms with Gasteiger partial charge in [-0.1, -0.05) is 11.6 Å². The molecule has 0 amide bonds. The second kappa shape index (κ2) is 6.18. The van der Waals surface area contributed by atoms with E-state index in [1.807, 2.05) is 24.3 Å². The lowest BCUT2D eigenvalue weighted by atomic mass is 10.1. The van der Waals surface area contributed by atoms with Gasteiger partial charge in [0.1, 0.15) is 11.8 Å². The lowest BCUT2D eigenvalue weighted by molar-refractivity contribution is 0.410. The Morgan fingerprint density at radius 1 is 1.30 bits per heavy atom. The van der Waals surface area contributed by atoms with Crippen molar-refractivity contribution in [3.8, 4) is 11.8 Å². The minimum atomic E-state index is 0.428. The van der Waals surface area contributed by atoms with Crippen LogP contribution in [-0.4, -0.2) is 7.11 Å². The molecule has 0 atom stereocenters. The zero-order valence-electron chi connectivity index (χ0n) is 11.0. The largest absolute Gasteiger partial charge is 0.496 e. The molecule has 3 N–H and O–H groups in total. The molecule has 2 aromatic rings. The van der Waals surface area contributed by atoms with Crippen molar-refractivity contribution in [2.75, 3.05) is 18.2 Å². The van der Waals surface area contributed by atoms with Crippen LogP contribution >= 0.6 is 11.6 Å². The number of nitrogens with one attached hydrogen (secondary N) is 1. The SMILES string of the molecule is COc1ccc(N)cc1CNc1ccc(C#N)c(Cl)c1. The molecule has 0 bridgehead atoms. The summed E-state index contributed by atoms with van der Waals surface area (Å²) < 4.78 is 5.28. The Morgan fingerprint density at radius 3 is 2.75 bits per heavy atom. The third-order valence-electron chi connectivity index (χ3n) is 2.88. The summed E-state index contributed by atoms with van der Waals surface area (Å²) in [7, 11) is 1.62. The molecule has 0 fully saturated rings. The highest BCUT2D eigenvalue weighted by Crippen LogP contribution is 2.24. The second-order valence-electron chi connectivity index (χ2n) is 4.23. The van der Waals surface area contributed by atoms with Crippen molar-refractivity contribution in [1.82, 2.24) is 0 Å². The zero-order valence-corrected chi connectivity index (χ0v) is 11.7. The fourth-order valence-electron chi connectivity index (χ4n) is 1.85. The van der Waals surface area contributed by atoms with Gasteiger partial charge in [-0.15, -0.1) is 0 Å². The van der Waals surface area contributed by atoms with E-state index in [0.29, 0.717) is 22.8 Å². The van der Waals surface area contributed by atoms with Crippen LogP contribution in [0, 0.1) is 11.3 Å². The van der Waals surface area contributed by atoms with Crippen molar-refractivity contribution in [3.63, 3.8) is 0 Å². The number of anilines is 2. The standard InChI is InChI=1S/C15H14ClN3O/c1-20-15-5-3-12(18)6-11(15)9-19-13-4-2-10(8-17)14(16)7-13/h2-7,19H,9,18H2,1H3. The number of nitriles is 1. The van der Waals surface area contributed by atoms with E-state index in [0.717, 1.165) is 17.0 Å². The summed E-state index contributed by atoms with van der Waals surface area (Å²) in [5, 5.41) is 12.5. The van der Waals surface area contributed by atoms with Gasteiger partial charge in [0.05, 0.1) is 17.7 Å². The highest BCUT2D eigenvalue weighted by Gasteiger charge is 2.05. The molecule has 0 unspecified atom stereocenters. The van der Waals surface area contributed by atoms with Gasteiger partial charge < -0.3 is 15.8 Å². The van der Waals surface area contributed by atoms with Crippen LogP contribution in [-0.2, 0) is 6.54 Å². The van der Waals surface area contributed by atoms with Gasteiger partial charge in [0.25, 0.3) is 0 Å². The molecule has 0 saturated carbocycles. The summed E-state index contributed by atoms with van der Waals surface area (Å²) in [6.07, 6.45) is 0. The molecule has 0 aromatic heterocycles. The van der Waals surface area contributed by atoms with Crippen molar-refractivity contribution in [2.45, 2.75) is 6.54 Å². The topological polar surface area (TPSA) is 71.1 Å². The Morgan fingerprint density at radius 2 is 2.10 bits per heavy atom. The molecule has 20 heavy (non-hydrogen) atoms. The van der Waals surface area contributed by atoms with E-state index in [-0.39, 0.29) is 0 Å². The van der Waals surface area contributed by atoms with Gasteiger partial charge in [-0.05, 0) is 36.4 Å². The number of hydrogen-bond donors (Lipinski definition) is 2. The van der Waals surface area contributed by atoms with E-state index in [1.54, 1.807) is 25.3 Å². The van der Waals surface area contributed by atoms with Gasteiger partial charge in [-0.25, -0.2) is 0 Å². The molecule has 0 saturated heterocycles. The monoisotopic (exact) mass is 287 g/mol. The maximum atomic E-state index is 8.83. The zero-order chi connectivity index (χ0) is 14.5. The highest BCUT2D eigenvalue weighted by atomic mass is 35.5. The summed E-state index contributed by atoms with van der Waals surface area (Å²) >= 11 is 5.99. The molecule has 0 spiro atoms. The molecule has 5 heteroatoms. The molecule has 2 rings (SSSR count). The van der Waals surface area contributed by atoms with Crippen LogP contribution in [0.25, 0.3) is 0 Å². The lowest BCUT2D eigenvalue weighted by Crippen LogP contribution is -2.02. The van der Waals surface area contributed by atoms with Crippen LogP contribution in [0.5, 0.6) is 5.75 Å². The van der Waals surface area contributed by atoms with Crippen LogP contribution < -0.4 is 15.8 Å². The van der Waals surface area contributed by atoms with Gasteiger partial charge in [-0.2, -0.15) is 5.26 Å². The molecule has 102 valence electrons. The quantitative estimate of drug-likeness (QED) is 0.845. The first-order valence-corrected chi connectivity index (χ1v) is 6.37. The Hall–Kier alpha value is -2.38. The van der Waals surface area contributed by atoms with E-state index < -0.39 is 0 Å². The molecule has 0 aliphatic heterocycles. The van der Waals surface area contributed by atoms with Crippen LogP contribution in [0.4, 0.5) is 11.4 Å². The van der Waals surface area contributed by atoms with Gasteiger partial charge in [0.15, 0.2) is 0 Å². The molecular formula is C15H14ClN3O. The van der Waals surface area contributed by atoms with Crippen LogP contribution in [0.2, 0.25) is 5.02 Å². The molecule has 0 aliphatic carbocycles. The number of ether oxygens (including phenoxy) is 1. The number of rotatable bonds is 4. The van der Waals surface area contributed by atoms with E-state index in [1.165, 1.54) is 0 Å². The van der Waals surface area contributed by atoms with Crippen molar-refractivity contribution in [2.24, 2.45) is 0 Å². The minimum absolute atomic E-state index is 0.428. The van der Waals surface area contributed by atoms with E-state index in [4.69, 9.17) is 27.3 Å². The fraction of sp³-hybridized carbons (Fsp3) is 0.133. The Balaban J connectivity index is 2.15. The van der Waals surface area contributed by atoms with Crippen LogP contribution in [0.1, 0.15) is 11.1 Å². The van der Waals surface area contributed by atoms with Gasteiger partial charge >= 0.3 is 0 Å². The number of nitrogen functional groups attached to an aromatic ring is 1. The third-order valence-corrected chi connectivity index (χ3v) is 3.19. The maximum Gasteiger partial charge on any atom is 0.123 e. The number of methoxy groups -OCH3 is 1. The molecule has 0 heterocycles. The normalized spacial score (nSPS) is 9.85. The number of nitrogens with two attached hydrogens (primary N) is 1. The first-order valence-electron chi connectivity index (χ1n) is 6.00. The second-order valence-corrected chi connectivity index (χ2v) is 4.64. The number of halogens is 1. The van der Waals surface area contributed by atoms with Gasteiger partial charge in [0, 0.05) is 23.5 Å². The van der Waals surface area contributed by atoms with E-state index in [9.17, 15) is 0 Å². The maximum absolute atomic E-state index is 8.83. The average molecular weight is 288 g/mol. The summed E-state index contributed by atoms with van der Waals surface area (Å²) in [5.41, 5.74) is 8.69. The number of nitrogens with zero attached hydrogens (tertiary/aromatic N) is 1. The molecule has 4 nitrogen and oxygen atoms in total. The summed E-state index contributed by atoms with van der Waals surface area (Å²) in [6, 6.07) is 12.7. The first kappa shape index (κ1) is 14.0. The Bertz CT molecular complexity index is 665. The van der Waals surface area contributed by atoms with Gasteiger partial charge in [0.2, 0.25) is 0 Å². The van der Waals surface area contributed by atoms with Crippen molar-refractivity contribution < 1.29 is 4.74 Å². The van der Waals surface area contributed by atoms with Gasteiger partial charge in [-0.3, -0.25) is 0 Å². The molecule has 0 radical (unpaired) electrons. The van der Waals surface area contributed by atoms with Crippen LogP contribution in [0.3, 0.4) is 0 Å². The van der Waals surface area contributed by atoms with Crippen molar-refractivity contribution in [3.05, 3.63) is 52.5 Å². The molecular weight excluding hydrogens is 274 g/mol. The molecule has 2 aromatic carbocycles. The smallest absolute Gasteiger partial charge is 0.123 e. The highest BCUT2D eigenvalue weighted by molar-refractivity contribution is 6.32. The first-order chi connectivity index (χ1) is 9.63. The number of hydrogen-bond acceptors (Lipinski definition) is 4. The van der Waals surface area contributed by atoms with Crippen molar-refractivity contribution >= 4 is 23.0 Å². The third kappa shape index (κ3) is 3.14. The van der Waals surface area contributed by atoms with Crippen LogP contribution in [0.15, 0.2) is 36.4 Å². The minimum Gasteiger partial charge on any atom is -0.496 e.